The molecule has 1 heterocycles. The Morgan fingerprint density at radius 3 is 2.48 bits per heavy atom. The van der Waals surface area contributed by atoms with Gasteiger partial charge < -0.3 is 9.26 Å². The highest BCUT2D eigenvalue weighted by Crippen LogP contribution is 2.25. The minimum Gasteiger partial charge on any atom is -0.462 e. The van der Waals surface area contributed by atoms with Crippen molar-refractivity contribution in [1.82, 2.24) is 10.1 Å². The van der Waals surface area contributed by atoms with E-state index in [0.717, 1.165) is 0 Å². The molecule has 2 aromatic rings. The molecule has 0 N–H and O–H groups in total. The summed E-state index contributed by atoms with van der Waals surface area (Å²) >= 11 is 2.69. The zero-order chi connectivity index (χ0) is 15.8. The van der Waals surface area contributed by atoms with Crippen molar-refractivity contribution in [2.75, 3.05) is 13.8 Å². The van der Waals surface area contributed by atoms with Crippen LogP contribution in [0.1, 0.15) is 28.3 Å². The highest BCUT2D eigenvalue weighted by atomic mass is 79.9. The lowest BCUT2D eigenvalue weighted by Gasteiger charge is -2.01. The molecule has 1 atom stereocenters. The number of aromatic nitrogens is 2. The number of hydrogen-bond acceptors (Lipinski definition) is 5. The van der Waals surface area contributed by atoms with Gasteiger partial charge in [-0.25, -0.2) is 9.18 Å². The first-order chi connectivity index (χ1) is 10.1. The predicted octanol–water partition coefficient (Wildman–Crippen LogP) is 3.86. The van der Waals surface area contributed by atoms with Crippen LogP contribution in [0.2, 0.25) is 0 Å². The van der Waals surface area contributed by atoms with Crippen LogP contribution in [0.4, 0.5) is 8.78 Å². The molecule has 0 saturated carbocycles. The van der Waals surface area contributed by atoms with Crippen LogP contribution in [0, 0.1) is 0 Å². The van der Waals surface area contributed by atoms with Crippen molar-refractivity contribution < 1.29 is 22.8 Å². The van der Waals surface area contributed by atoms with E-state index in [0.29, 0.717) is 24.9 Å². The zero-order valence-corrected chi connectivity index (χ0v) is 12.9. The summed E-state index contributed by atoms with van der Waals surface area (Å²) in [5, 5.41) is 2.15. The van der Waals surface area contributed by atoms with Gasteiger partial charge in [0.1, 0.15) is 0 Å². The third-order valence-corrected chi connectivity index (χ3v) is 2.67. The quantitative estimate of drug-likeness (QED) is 0.610. The van der Waals surface area contributed by atoms with Crippen LogP contribution < -0.4 is 0 Å². The highest BCUT2D eigenvalue weighted by Gasteiger charge is 2.15. The number of hydrogen-bond donors (Lipinski definition) is 0. The van der Waals surface area contributed by atoms with Gasteiger partial charge in [0, 0.05) is 5.56 Å². The molecule has 0 aliphatic carbocycles. The van der Waals surface area contributed by atoms with Crippen LogP contribution in [-0.4, -0.2) is 29.9 Å². The Kier molecular flexibility index (Phi) is 6.93. The molecular formula is C13H13BrF2N2O3. The van der Waals surface area contributed by atoms with Crippen molar-refractivity contribution >= 4 is 21.9 Å². The molecule has 0 aliphatic heterocycles. The van der Waals surface area contributed by atoms with Gasteiger partial charge in [-0.15, -0.1) is 0 Å². The summed E-state index contributed by atoms with van der Waals surface area (Å²) in [5.74, 6) is -0.288. The van der Waals surface area contributed by atoms with Crippen molar-refractivity contribution in [3.05, 3.63) is 35.7 Å². The van der Waals surface area contributed by atoms with E-state index < -0.39 is 11.1 Å². The zero-order valence-electron chi connectivity index (χ0n) is 11.3. The molecule has 0 spiro atoms. The van der Waals surface area contributed by atoms with E-state index in [1.807, 2.05) is 0 Å². The molecule has 1 aromatic carbocycles. The monoisotopic (exact) mass is 362 g/mol. The maximum Gasteiger partial charge on any atom is 0.338 e. The van der Waals surface area contributed by atoms with Crippen molar-refractivity contribution in [2.45, 2.75) is 12.0 Å². The van der Waals surface area contributed by atoms with Gasteiger partial charge in [-0.1, -0.05) is 17.3 Å². The van der Waals surface area contributed by atoms with E-state index in [4.69, 9.17) is 9.26 Å². The number of esters is 1. The Hall–Kier alpha value is -1.83. The van der Waals surface area contributed by atoms with Crippen molar-refractivity contribution in [1.29, 1.82) is 0 Å². The summed E-state index contributed by atoms with van der Waals surface area (Å²) in [6.07, 6.45) is 0. The highest BCUT2D eigenvalue weighted by molar-refractivity contribution is 9.09. The molecule has 1 unspecified atom stereocenters. The number of benzene rings is 1. The summed E-state index contributed by atoms with van der Waals surface area (Å²) in [6, 6.07) is 6.46. The lowest BCUT2D eigenvalue weighted by atomic mass is 10.1. The van der Waals surface area contributed by atoms with Gasteiger partial charge in [0.15, 0.2) is 0 Å². The Morgan fingerprint density at radius 2 is 2.00 bits per heavy atom. The van der Waals surface area contributed by atoms with E-state index >= 15 is 0 Å². The summed E-state index contributed by atoms with van der Waals surface area (Å²) in [7, 11) is 0.500. The van der Waals surface area contributed by atoms with E-state index in [2.05, 4.69) is 26.1 Å². The van der Waals surface area contributed by atoms with Gasteiger partial charge in [-0.2, -0.15) is 4.98 Å². The summed E-state index contributed by atoms with van der Waals surface area (Å²) in [6.45, 7) is 2.05. The number of rotatable bonds is 4. The fourth-order valence-corrected chi connectivity index (χ4v) is 1.60. The Balaban J connectivity index is 0.00000106. The Morgan fingerprint density at radius 1 is 1.38 bits per heavy atom. The van der Waals surface area contributed by atoms with Crippen LogP contribution in [0.5, 0.6) is 0 Å². The van der Waals surface area contributed by atoms with Crippen molar-refractivity contribution in [2.24, 2.45) is 0 Å². The molecule has 0 fully saturated rings. The molecule has 0 radical (unpaired) electrons. The fraction of sp³-hybridized carbons (Fsp3) is 0.308. The largest absolute Gasteiger partial charge is 0.462 e. The number of nitrogens with zero attached hydrogens (tertiary/aromatic N) is 2. The molecule has 1 aromatic heterocycles. The van der Waals surface area contributed by atoms with Crippen LogP contribution >= 0.6 is 15.9 Å². The first-order valence-electron chi connectivity index (χ1n) is 5.89. The number of carbonyl (C=O) groups excluding carboxylic acids is 1. The molecular weight excluding hydrogens is 350 g/mol. The van der Waals surface area contributed by atoms with Gasteiger partial charge in [0.25, 0.3) is 5.89 Å². The minimum atomic E-state index is -1.49. The summed E-state index contributed by atoms with van der Waals surface area (Å²) in [4.78, 5) is 15.3. The van der Waals surface area contributed by atoms with E-state index in [9.17, 15) is 13.6 Å². The maximum atomic E-state index is 12.9. The number of alkyl halides is 3. The molecule has 114 valence electrons. The molecule has 0 amide bonds. The van der Waals surface area contributed by atoms with E-state index in [-0.39, 0.29) is 11.7 Å². The van der Waals surface area contributed by atoms with Crippen LogP contribution in [0.3, 0.4) is 0 Å². The third kappa shape index (κ3) is 4.59. The average Bonchev–Trinajstić information content (AvgIpc) is 3.00. The second kappa shape index (κ2) is 8.46. The second-order valence-electron chi connectivity index (χ2n) is 3.55. The molecule has 0 bridgehead atoms. The van der Waals surface area contributed by atoms with Gasteiger partial charge in [-0.05, 0) is 35.0 Å². The first-order valence-corrected chi connectivity index (χ1v) is 6.80. The topological polar surface area (TPSA) is 65.2 Å². The van der Waals surface area contributed by atoms with Gasteiger partial charge >= 0.3 is 5.97 Å². The Labute approximate surface area is 128 Å². The molecule has 0 saturated heterocycles. The lowest BCUT2D eigenvalue weighted by Crippen LogP contribution is -2.04. The standard InChI is InChI=1S/C12H10BrFN2O3.CH3F/c1-2-18-12(17)8-5-3-7(4-6-8)10-15-11(9(13)14)19-16-10;1-2/h3-6,9H,2H2,1H3;1H3. The lowest BCUT2D eigenvalue weighted by molar-refractivity contribution is 0.0526. The maximum absolute atomic E-state index is 12.9. The van der Waals surface area contributed by atoms with Gasteiger partial charge in [-0.3, -0.25) is 4.39 Å². The number of carbonyl (C=O) groups is 1. The summed E-state index contributed by atoms with van der Waals surface area (Å²) < 4.78 is 32.0. The fourth-order valence-electron chi connectivity index (χ4n) is 1.41. The second-order valence-corrected chi connectivity index (χ2v) is 4.36. The van der Waals surface area contributed by atoms with E-state index in [1.165, 1.54) is 0 Å². The van der Waals surface area contributed by atoms with Crippen LogP contribution in [0.25, 0.3) is 11.4 Å². The van der Waals surface area contributed by atoms with Crippen LogP contribution in [0.15, 0.2) is 28.8 Å². The molecule has 2 rings (SSSR count). The smallest absolute Gasteiger partial charge is 0.338 e. The number of halogens is 3. The van der Waals surface area contributed by atoms with Gasteiger partial charge in [0.05, 0.1) is 19.3 Å². The molecule has 5 nitrogen and oxygen atoms in total. The summed E-state index contributed by atoms with van der Waals surface area (Å²) in [5.41, 5.74) is 1.05. The van der Waals surface area contributed by atoms with E-state index in [1.54, 1.807) is 31.2 Å². The van der Waals surface area contributed by atoms with Crippen molar-refractivity contribution in [3.63, 3.8) is 0 Å². The third-order valence-electron chi connectivity index (χ3n) is 2.28. The SMILES string of the molecule is CCOC(=O)c1ccc(-c2noc(C(F)Br)n2)cc1.CF. The molecule has 0 aliphatic rings. The normalized spacial score (nSPS) is 11.3. The van der Waals surface area contributed by atoms with Crippen LogP contribution in [-0.2, 0) is 4.74 Å². The first kappa shape index (κ1) is 17.2. The molecule has 21 heavy (non-hydrogen) atoms. The van der Waals surface area contributed by atoms with Crippen molar-refractivity contribution in [3.8, 4) is 11.4 Å². The number of ether oxygens (including phenoxy) is 1. The predicted molar refractivity (Wildman–Crippen MR) is 75.5 cm³/mol. The Bertz CT molecular complexity index is 573. The van der Waals surface area contributed by atoms with Gasteiger partial charge in [0.2, 0.25) is 10.9 Å². The average molecular weight is 363 g/mol. The molecule has 8 heteroatoms. The minimum absolute atomic E-state index is 0.149.